The molecular weight excluding hydrogens is 227 g/mol. The molecular formula is C12H15FO2S. The first-order chi connectivity index (χ1) is 7.63. The van der Waals surface area contributed by atoms with Crippen LogP contribution in [0.2, 0.25) is 0 Å². The number of benzene rings is 1. The van der Waals surface area contributed by atoms with Gasteiger partial charge in [0.2, 0.25) is 0 Å². The quantitative estimate of drug-likeness (QED) is 0.833. The van der Waals surface area contributed by atoms with Crippen LogP contribution in [0.4, 0.5) is 4.39 Å². The molecule has 0 aliphatic rings. The van der Waals surface area contributed by atoms with Crippen LogP contribution in [-0.2, 0) is 11.2 Å². The minimum absolute atomic E-state index is 0.292. The van der Waals surface area contributed by atoms with Crippen molar-refractivity contribution in [3.8, 4) is 0 Å². The van der Waals surface area contributed by atoms with Gasteiger partial charge in [0.15, 0.2) is 0 Å². The van der Waals surface area contributed by atoms with Gasteiger partial charge in [0.05, 0.1) is 5.92 Å². The molecule has 0 amide bonds. The first-order valence-corrected chi connectivity index (χ1v) is 6.49. The average molecular weight is 242 g/mol. The Balaban J connectivity index is 2.60. The van der Waals surface area contributed by atoms with Crippen LogP contribution in [0.3, 0.4) is 0 Å². The Kier molecular flexibility index (Phi) is 5.32. The van der Waals surface area contributed by atoms with E-state index in [1.807, 2.05) is 6.26 Å². The molecule has 0 spiro atoms. The molecule has 0 radical (unpaired) electrons. The average Bonchev–Trinajstić information content (AvgIpc) is 2.26. The van der Waals surface area contributed by atoms with Gasteiger partial charge in [-0.3, -0.25) is 4.79 Å². The summed E-state index contributed by atoms with van der Waals surface area (Å²) < 4.78 is 12.7. The molecule has 1 atom stereocenters. The number of carboxylic acid groups (broad SMARTS) is 1. The highest BCUT2D eigenvalue weighted by Crippen LogP contribution is 2.15. The van der Waals surface area contributed by atoms with Gasteiger partial charge < -0.3 is 5.11 Å². The van der Waals surface area contributed by atoms with Gasteiger partial charge in [0.25, 0.3) is 0 Å². The molecule has 4 heteroatoms. The molecule has 0 aromatic heterocycles. The van der Waals surface area contributed by atoms with Crippen LogP contribution < -0.4 is 0 Å². The van der Waals surface area contributed by atoms with Gasteiger partial charge in [-0.1, -0.05) is 12.1 Å². The zero-order valence-electron chi connectivity index (χ0n) is 9.15. The first-order valence-electron chi connectivity index (χ1n) is 5.09. The lowest BCUT2D eigenvalue weighted by atomic mass is 9.97. The molecule has 1 unspecified atom stereocenters. The number of halogens is 1. The van der Waals surface area contributed by atoms with Crippen molar-refractivity contribution in [3.05, 3.63) is 35.6 Å². The van der Waals surface area contributed by atoms with Crippen molar-refractivity contribution in [2.75, 3.05) is 12.0 Å². The highest BCUT2D eigenvalue weighted by atomic mass is 32.2. The van der Waals surface area contributed by atoms with Crippen molar-refractivity contribution < 1.29 is 14.3 Å². The maximum atomic E-state index is 12.7. The SMILES string of the molecule is CSCCC(Cc1ccc(F)cc1)C(=O)O. The maximum Gasteiger partial charge on any atom is 0.306 e. The van der Waals surface area contributed by atoms with Crippen molar-refractivity contribution in [3.63, 3.8) is 0 Å². The molecule has 0 aliphatic carbocycles. The second-order valence-corrected chi connectivity index (χ2v) is 4.63. The summed E-state index contributed by atoms with van der Waals surface area (Å²) >= 11 is 1.64. The van der Waals surface area contributed by atoms with Crippen LogP contribution in [0.1, 0.15) is 12.0 Å². The van der Waals surface area contributed by atoms with E-state index >= 15 is 0 Å². The summed E-state index contributed by atoms with van der Waals surface area (Å²) in [6, 6.07) is 6.01. The zero-order valence-corrected chi connectivity index (χ0v) is 9.97. The predicted octanol–water partition coefficient (Wildman–Crippen LogP) is 2.82. The first kappa shape index (κ1) is 13.0. The molecule has 16 heavy (non-hydrogen) atoms. The van der Waals surface area contributed by atoms with Crippen LogP contribution in [-0.4, -0.2) is 23.1 Å². The van der Waals surface area contributed by atoms with Gasteiger partial charge in [0.1, 0.15) is 5.82 Å². The highest BCUT2D eigenvalue weighted by molar-refractivity contribution is 7.98. The summed E-state index contributed by atoms with van der Waals surface area (Å²) in [5.74, 6) is -0.617. The highest BCUT2D eigenvalue weighted by Gasteiger charge is 2.17. The molecule has 0 saturated carbocycles. The lowest BCUT2D eigenvalue weighted by molar-refractivity contribution is -0.141. The smallest absolute Gasteiger partial charge is 0.306 e. The Labute approximate surface area is 98.9 Å². The molecule has 1 aromatic carbocycles. The van der Waals surface area contributed by atoms with E-state index < -0.39 is 5.97 Å². The Morgan fingerprint density at radius 2 is 2.06 bits per heavy atom. The van der Waals surface area contributed by atoms with Crippen molar-refractivity contribution >= 4 is 17.7 Å². The number of carbonyl (C=O) groups is 1. The third-order valence-corrected chi connectivity index (χ3v) is 3.06. The summed E-state index contributed by atoms with van der Waals surface area (Å²) in [5, 5.41) is 9.03. The fourth-order valence-electron chi connectivity index (χ4n) is 1.48. The van der Waals surface area contributed by atoms with Crippen molar-refractivity contribution in [2.45, 2.75) is 12.8 Å². The predicted molar refractivity (Wildman–Crippen MR) is 64.2 cm³/mol. The number of hydrogen-bond donors (Lipinski definition) is 1. The zero-order chi connectivity index (χ0) is 12.0. The topological polar surface area (TPSA) is 37.3 Å². The molecule has 1 aromatic rings. The fraction of sp³-hybridized carbons (Fsp3) is 0.417. The van der Waals surface area contributed by atoms with Gasteiger partial charge in [-0.25, -0.2) is 4.39 Å². The van der Waals surface area contributed by atoms with E-state index in [4.69, 9.17) is 5.11 Å². The van der Waals surface area contributed by atoms with E-state index in [1.165, 1.54) is 12.1 Å². The van der Waals surface area contributed by atoms with E-state index in [1.54, 1.807) is 23.9 Å². The van der Waals surface area contributed by atoms with Crippen molar-refractivity contribution in [1.82, 2.24) is 0 Å². The summed E-state index contributed by atoms with van der Waals surface area (Å²) in [6.45, 7) is 0. The molecule has 0 fully saturated rings. The van der Waals surface area contributed by atoms with Crippen LogP contribution >= 0.6 is 11.8 Å². The van der Waals surface area contributed by atoms with Crippen LogP contribution in [0.5, 0.6) is 0 Å². The summed E-state index contributed by atoms with van der Waals surface area (Å²) in [7, 11) is 0. The van der Waals surface area contributed by atoms with Gasteiger partial charge in [0, 0.05) is 0 Å². The van der Waals surface area contributed by atoms with Gasteiger partial charge >= 0.3 is 5.97 Å². The molecule has 0 saturated heterocycles. The third-order valence-electron chi connectivity index (χ3n) is 2.42. The number of thioether (sulfide) groups is 1. The third kappa shape index (κ3) is 4.23. The molecule has 0 bridgehead atoms. The largest absolute Gasteiger partial charge is 0.481 e. The standard InChI is InChI=1S/C12H15FO2S/c1-16-7-6-10(12(14)15)8-9-2-4-11(13)5-3-9/h2-5,10H,6-8H2,1H3,(H,14,15). The summed E-state index contributed by atoms with van der Waals surface area (Å²) in [6.07, 6.45) is 3.07. The molecule has 88 valence electrons. The number of hydrogen-bond acceptors (Lipinski definition) is 2. The minimum atomic E-state index is -0.779. The van der Waals surface area contributed by atoms with Gasteiger partial charge in [-0.05, 0) is 42.5 Å². The summed E-state index contributed by atoms with van der Waals surface area (Å²) in [4.78, 5) is 11.0. The monoisotopic (exact) mass is 242 g/mol. The normalized spacial score (nSPS) is 12.4. The molecule has 1 rings (SSSR count). The van der Waals surface area contributed by atoms with Gasteiger partial charge in [-0.15, -0.1) is 0 Å². The number of rotatable bonds is 6. The molecule has 2 nitrogen and oxygen atoms in total. The van der Waals surface area contributed by atoms with Crippen molar-refractivity contribution in [2.24, 2.45) is 5.92 Å². The van der Waals surface area contributed by atoms with Gasteiger partial charge in [-0.2, -0.15) is 11.8 Å². The van der Waals surface area contributed by atoms with Crippen LogP contribution in [0.25, 0.3) is 0 Å². The van der Waals surface area contributed by atoms with E-state index in [2.05, 4.69) is 0 Å². The number of aliphatic carboxylic acids is 1. The van der Waals surface area contributed by atoms with Crippen LogP contribution in [0.15, 0.2) is 24.3 Å². The lowest BCUT2D eigenvalue weighted by Gasteiger charge is -2.11. The van der Waals surface area contributed by atoms with E-state index in [9.17, 15) is 9.18 Å². The van der Waals surface area contributed by atoms with E-state index in [-0.39, 0.29) is 11.7 Å². The second kappa shape index (κ2) is 6.53. The molecule has 0 heterocycles. The Bertz CT molecular complexity index is 337. The summed E-state index contributed by atoms with van der Waals surface area (Å²) in [5.41, 5.74) is 0.870. The fourth-order valence-corrected chi connectivity index (χ4v) is 2.00. The van der Waals surface area contributed by atoms with Crippen LogP contribution in [0, 0.1) is 11.7 Å². The van der Waals surface area contributed by atoms with E-state index in [0.717, 1.165) is 11.3 Å². The maximum absolute atomic E-state index is 12.7. The Morgan fingerprint density at radius 3 is 2.56 bits per heavy atom. The lowest BCUT2D eigenvalue weighted by Crippen LogP contribution is -2.17. The number of carboxylic acids is 1. The Morgan fingerprint density at radius 1 is 1.44 bits per heavy atom. The van der Waals surface area contributed by atoms with Crippen molar-refractivity contribution in [1.29, 1.82) is 0 Å². The Hall–Kier alpha value is -1.03. The molecule has 1 N–H and O–H groups in total. The second-order valence-electron chi connectivity index (χ2n) is 3.65. The molecule has 0 aliphatic heterocycles. The minimum Gasteiger partial charge on any atom is -0.481 e. The van der Waals surface area contributed by atoms with E-state index in [0.29, 0.717) is 12.8 Å².